The average Bonchev–Trinajstić information content (AvgIpc) is 3.54. The molecule has 0 radical (unpaired) electrons. The van der Waals surface area contributed by atoms with Crippen molar-refractivity contribution < 1.29 is 9.15 Å². The maximum atomic E-state index is 6.10. The van der Waals surface area contributed by atoms with E-state index in [9.17, 15) is 0 Å². The monoisotopic (exact) mass is 479 g/mol. The van der Waals surface area contributed by atoms with Gasteiger partial charge in [-0.3, -0.25) is 0 Å². The fraction of sp³-hybridized carbons (Fsp3) is 0.375. The number of aromatic nitrogens is 2. The number of hydrogen-bond acceptors (Lipinski definition) is 9. The second kappa shape index (κ2) is 9.94. The van der Waals surface area contributed by atoms with E-state index in [1.807, 2.05) is 18.2 Å². The molecule has 178 valence electrons. The smallest absolute Gasteiger partial charge is 0.199 e. The number of fused-ring (bicyclic) bond motifs is 1. The molecule has 2 fully saturated rings. The molecule has 9 nitrogen and oxygen atoms in total. The molecule has 0 unspecified atom stereocenters. The number of amidine groups is 1. The van der Waals surface area contributed by atoms with E-state index >= 15 is 0 Å². The van der Waals surface area contributed by atoms with Crippen molar-refractivity contribution in [2.45, 2.75) is 43.9 Å². The van der Waals surface area contributed by atoms with Gasteiger partial charge in [0.25, 0.3) is 0 Å². The van der Waals surface area contributed by atoms with Crippen LogP contribution < -0.4 is 21.5 Å². The van der Waals surface area contributed by atoms with Gasteiger partial charge in [0.15, 0.2) is 17.4 Å². The van der Waals surface area contributed by atoms with Crippen LogP contribution in [0.25, 0.3) is 22.6 Å². The van der Waals surface area contributed by atoms with Crippen LogP contribution in [0.1, 0.15) is 32.6 Å². The van der Waals surface area contributed by atoms with Crippen LogP contribution >= 0.6 is 11.9 Å². The first-order valence-corrected chi connectivity index (χ1v) is 12.4. The van der Waals surface area contributed by atoms with Crippen LogP contribution in [0, 0.1) is 0 Å². The van der Waals surface area contributed by atoms with Crippen LogP contribution in [0.3, 0.4) is 0 Å². The van der Waals surface area contributed by atoms with E-state index in [-0.39, 0.29) is 11.9 Å². The Morgan fingerprint density at radius 3 is 2.71 bits per heavy atom. The number of hydrogen-bond donors (Lipinski definition) is 4. The van der Waals surface area contributed by atoms with Gasteiger partial charge in [-0.1, -0.05) is 0 Å². The third-order valence-electron chi connectivity index (χ3n) is 5.51. The zero-order chi connectivity index (χ0) is 23.5. The van der Waals surface area contributed by atoms with E-state index in [2.05, 4.69) is 26.1 Å². The van der Waals surface area contributed by atoms with Crippen LogP contribution in [0.5, 0.6) is 0 Å². The fourth-order valence-corrected chi connectivity index (χ4v) is 4.48. The molecule has 0 bridgehead atoms. The summed E-state index contributed by atoms with van der Waals surface area (Å²) >= 11 is 1.77. The molecule has 1 aliphatic heterocycles. The van der Waals surface area contributed by atoms with E-state index < -0.39 is 0 Å². The van der Waals surface area contributed by atoms with E-state index in [0.717, 1.165) is 48.0 Å². The second-order valence-electron chi connectivity index (χ2n) is 8.67. The van der Waals surface area contributed by atoms with Crippen LogP contribution in [-0.2, 0) is 4.74 Å². The summed E-state index contributed by atoms with van der Waals surface area (Å²) < 4.78 is 15.0. The van der Waals surface area contributed by atoms with Crippen LogP contribution in [0.4, 0.5) is 17.3 Å². The van der Waals surface area contributed by atoms with Crippen molar-refractivity contribution >= 4 is 46.1 Å². The summed E-state index contributed by atoms with van der Waals surface area (Å²) in [5, 5.41) is 5.19. The first kappa shape index (κ1) is 22.5. The molecule has 1 saturated heterocycles. The van der Waals surface area contributed by atoms with Gasteiger partial charge < -0.3 is 30.7 Å². The van der Waals surface area contributed by atoms with E-state index in [0.29, 0.717) is 28.9 Å². The Labute approximate surface area is 202 Å². The molecule has 0 amide bonds. The molecule has 0 spiro atoms. The van der Waals surface area contributed by atoms with Gasteiger partial charge in [-0.05, 0) is 74.9 Å². The molecule has 2 aliphatic rings. The second-order valence-corrected chi connectivity index (χ2v) is 9.78. The highest BCUT2D eigenvalue weighted by Crippen LogP contribution is 2.36. The average molecular weight is 480 g/mol. The Bertz CT molecular complexity index is 1230. The quantitative estimate of drug-likeness (QED) is 0.208. The minimum Gasteiger partial charge on any atom is -0.453 e. The molecule has 10 heteroatoms. The van der Waals surface area contributed by atoms with E-state index in [4.69, 9.17) is 25.6 Å². The summed E-state index contributed by atoms with van der Waals surface area (Å²) in [6.45, 7) is 3.22. The topological polar surface area (TPSA) is 137 Å². The van der Waals surface area contributed by atoms with Gasteiger partial charge >= 0.3 is 0 Å². The maximum Gasteiger partial charge on any atom is 0.199 e. The molecular weight excluding hydrogens is 450 g/mol. The first-order valence-electron chi connectivity index (χ1n) is 11.5. The molecule has 3 heterocycles. The van der Waals surface area contributed by atoms with Crippen molar-refractivity contribution in [2.75, 3.05) is 23.3 Å². The van der Waals surface area contributed by atoms with Gasteiger partial charge in [-0.2, -0.15) is 0 Å². The molecule has 6 N–H and O–H groups in total. The Kier molecular flexibility index (Phi) is 6.59. The van der Waals surface area contributed by atoms with Gasteiger partial charge in [0, 0.05) is 47.3 Å². The zero-order valence-corrected chi connectivity index (χ0v) is 19.9. The van der Waals surface area contributed by atoms with Crippen molar-refractivity contribution in [1.29, 1.82) is 0 Å². The lowest BCUT2D eigenvalue weighted by molar-refractivity contribution is 0.0904. The predicted molar refractivity (Wildman–Crippen MR) is 138 cm³/mol. The predicted octanol–water partition coefficient (Wildman–Crippen LogP) is 4.55. The normalized spacial score (nSPS) is 17.8. The van der Waals surface area contributed by atoms with Crippen molar-refractivity contribution in [3.63, 3.8) is 0 Å². The van der Waals surface area contributed by atoms with Crippen molar-refractivity contribution in [1.82, 2.24) is 9.97 Å². The largest absolute Gasteiger partial charge is 0.453 e. The SMILES string of the molecule is C/C(N)=C/C(N)=Nc1cc(NC2CCOCC2)nc(-c2cc3cc(NSC4CC4)ccc3o2)n1. The number of benzene rings is 1. The van der Waals surface area contributed by atoms with E-state index in [1.165, 1.54) is 12.8 Å². The minimum atomic E-state index is 0.269. The third-order valence-corrected chi connectivity index (χ3v) is 6.67. The number of rotatable bonds is 8. The number of furan rings is 1. The molecule has 1 aromatic carbocycles. The van der Waals surface area contributed by atoms with Gasteiger partial charge in [-0.15, -0.1) is 0 Å². The molecule has 5 rings (SSSR count). The molecule has 1 aliphatic carbocycles. The summed E-state index contributed by atoms with van der Waals surface area (Å²) in [5.41, 5.74) is 14.2. The van der Waals surface area contributed by atoms with Gasteiger partial charge in [0.1, 0.15) is 17.2 Å². The Hall–Kier alpha value is -3.24. The fourth-order valence-electron chi connectivity index (χ4n) is 3.68. The van der Waals surface area contributed by atoms with Gasteiger partial charge in [0.05, 0.1) is 0 Å². The summed E-state index contributed by atoms with van der Waals surface area (Å²) in [7, 11) is 0. The van der Waals surface area contributed by atoms with Crippen LogP contribution in [0.15, 0.2) is 51.5 Å². The molecule has 1 saturated carbocycles. The summed E-state index contributed by atoms with van der Waals surface area (Å²) in [4.78, 5) is 13.7. The van der Waals surface area contributed by atoms with Crippen molar-refractivity contribution in [2.24, 2.45) is 16.5 Å². The number of aliphatic imine (C=N–C) groups is 1. The first-order chi connectivity index (χ1) is 16.5. The highest BCUT2D eigenvalue weighted by molar-refractivity contribution is 8.01. The number of nitrogens with two attached hydrogens (primary N) is 2. The lowest BCUT2D eigenvalue weighted by Gasteiger charge is -2.23. The highest BCUT2D eigenvalue weighted by Gasteiger charge is 2.22. The molecule has 3 aromatic rings. The highest BCUT2D eigenvalue weighted by atomic mass is 32.2. The Balaban J connectivity index is 1.46. The summed E-state index contributed by atoms with van der Waals surface area (Å²) in [6, 6.07) is 10.1. The van der Waals surface area contributed by atoms with Crippen LogP contribution in [0.2, 0.25) is 0 Å². The number of anilines is 2. The zero-order valence-electron chi connectivity index (χ0n) is 19.1. The summed E-state index contributed by atoms with van der Waals surface area (Å²) in [6.07, 6.45) is 5.98. The number of ether oxygens (including phenoxy) is 1. The van der Waals surface area contributed by atoms with Gasteiger partial charge in [0.2, 0.25) is 0 Å². The lowest BCUT2D eigenvalue weighted by Crippen LogP contribution is -2.28. The summed E-state index contributed by atoms with van der Waals surface area (Å²) in [5.74, 6) is 2.38. The standard InChI is InChI=1S/C24H29N7O2S/c1-14(25)10-21(26)28-23-13-22(27-16-6-8-32-9-7-16)29-24(30-23)20-12-15-11-17(2-5-19(15)33-20)31-34-18-3-4-18/h2,5,10-13,16,18,31H,3-4,6-9,25H2,1H3,(H3,26,27,28,29,30)/b14-10-. The number of nitrogens with zero attached hydrogens (tertiary/aromatic N) is 3. The maximum absolute atomic E-state index is 6.10. The van der Waals surface area contributed by atoms with Crippen LogP contribution in [-0.4, -0.2) is 40.3 Å². The Morgan fingerprint density at radius 2 is 1.94 bits per heavy atom. The van der Waals surface area contributed by atoms with Gasteiger partial charge in [-0.25, -0.2) is 15.0 Å². The molecular formula is C24H29N7O2S. The lowest BCUT2D eigenvalue weighted by atomic mass is 10.1. The molecule has 34 heavy (non-hydrogen) atoms. The van der Waals surface area contributed by atoms with Crippen molar-refractivity contribution in [3.8, 4) is 11.6 Å². The molecule has 2 aromatic heterocycles. The minimum absolute atomic E-state index is 0.269. The molecule has 0 atom stereocenters. The van der Waals surface area contributed by atoms with Crippen molar-refractivity contribution in [3.05, 3.63) is 42.1 Å². The third kappa shape index (κ3) is 5.81. The number of allylic oxidation sites excluding steroid dienone is 1. The Morgan fingerprint density at radius 1 is 1.12 bits per heavy atom. The number of nitrogens with one attached hydrogen (secondary N) is 2. The van der Waals surface area contributed by atoms with E-state index in [1.54, 1.807) is 31.0 Å².